The summed E-state index contributed by atoms with van der Waals surface area (Å²) in [5.74, 6) is -51.0. The van der Waals surface area contributed by atoms with Crippen molar-refractivity contribution in [1.82, 2.24) is 0 Å². The van der Waals surface area contributed by atoms with Crippen LogP contribution in [0.1, 0.15) is 0 Å². The van der Waals surface area contributed by atoms with Crippen LogP contribution in [0, 0.1) is 11.3 Å². The number of hydrogen-bond acceptors (Lipinski definition) is 1. The minimum absolute atomic E-state index is 4.82. The van der Waals surface area contributed by atoms with Gasteiger partial charge in [0.2, 0.25) is 0 Å². The topological polar surface area (TPSA) is 17.1 Å². The van der Waals surface area contributed by atoms with Gasteiger partial charge < -0.3 is 0 Å². The lowest BCUT2D eigenvalue weighted by Crippen LogP contribution is -3.04. The molecule has 0 aromatic carbocycles. The molecule has 4 rings (SSSR count). The summed E-state index contributed by atoms with van der Waals surface area (Å²) in [4.78, 5) is 10.7. The van der Waals surface area contributed by atoms with Crippen LogP contribution in [0.25, 0.3) is 0 Å². The molecule has 4 aliphatic carbocycles. The van der Waals surface area contributed by atoms with E-state index in [-0.39, 0.29) is 0 Å². The largest absolute Gasteiger partial charge is 0.338 e. The van der Waals surface area contributed by atoms with Crippen LogP contribution < -0.4 is 0 Å². The first-order valence-electron chi connectivity index (χ1n) is 6.40. The van der Waals surface area contributed by atoms with Gasteiger partial charge in [0.05, 0.1) is 0 Å². The van der Waals surface area contributed by atoms with Crippen molar-refractivity contribution in [1.29, 1.82) is 0 Å². The molecule has 0 heterocycles. The van der Waals surface area contributed by atoms with Gasteiger partial charge in [-0.05, 0) is 0 Å². The van der Waals surface area contributed by atoms with Crippen molar-refractivity contribution in [2.45, 2.75) is 46.9 Å². The summed E-state index contributed by atoms with van der Waals surface area (Å²) in [6.07, 6.45) is 0. The molecule has 1 nitrogen and oxygen atoms in total. The van der Waals surface area contributed by atoms with Crippen LogP contribution in [0.15, 0.2) is 0 Å². The molecule has 2 atom stereocenters. The van der Waals surface area contributed by atoms with Crippen molar-refractivity contribution in [3.05, 3.63) is 0 Å². The van der Waals surface area contributed by atoms with Crippen LogP contribution >= 0.6 is 0 Å². The lowest BCUT2D eigenvalue weighted by molar-refractivity contribution is -0.584. The maximum absolute atomic E-state index is 14.3. The van der Waals surface area contributed by atoms with E-state index in [1.807, 2.05) is 0 Å². The predicted molar refractivity (Wildman–Crippen MR) is 49.4 cm³/mol. The Hall–Kier alpha value is -1.38. The average Bonchev–Trinajstić information content (AvgIpc) is 2.38. The molecular formula is C11HF15O. The SMILES string of the molecule is O=C(F)C12C(F)(F)C3C(F)(F)C(F)(C(F)(F)C(F)(C3(F)F)C1(F)F)C2(F)F. The number of rotatable bonds is 1. The van der Waals surface area contributed by atoms with Gasteiger partial charge in [-0.3, -0.25) is 4.79 Å². The summed E-state index contributed by atoms with van der Waals surface area (Å²) >= 11 is 0. The van der Waals surface area contributed by atoms with E-state index in [1.165, 1.54) is 0 Å². The van der Waals surface area contributed by atoms with Gasteiger partial charge in [0.25, 0.3) is 11.3 Å². The predicted octanol–water partition coefficient (Wildman–Crippen LogP) is 4.35. The summed E-state index contributed by atoms with van der Waals surface area (Å²) in [5, 5.41) is 0. The Morgan fingerprint density at radius 2 is 0.815 bits per heavy atom. The third kappa shape index (κ3) is 1.17. The first-order valence-corrected chi connectivity index (χ1v) is 6.40. The van der Waals surface area contributed by atoms with Gasteiger partial charge >= 0.3 is 47.0 Å². The molecule has 0 aromatic rings. The molecular weight excluding hydrogens is 433 g/mol. The zero-order chi connectivity index (χ0) is 21.7. The molecule has 156 valence electrons. The highest BCUT2D eigenvalue weighted by Gasteiger charge is 3.19. The van der Waals surface area contributed by atoms with Gasteiger partial charge in [0.15, 0.2) is 5.92 Å². The Labute approximate surface area is 136 Å². The Morgan fingerprint density at radius 3 is 1.07 bits per heavy atom. The molecule has 16 heteroatoms. The first-order chi connectivity index (χ1) is 11.6. The van der Waals surface area contributed by atoms with Crippen LogP contribution in [0.3, 0.4) is 0 Å². The van der Waals surface area contributed by atoms with Crippen LogP contribution in [-0.4, -0.2) is 52.9 Å². The van der Waals surface area contributed by atoms with Gasteiger partial charge in [-0.25, -0.2) is 52.7 Å². The molecule has 4 aliphatic rings. The summed E-state index contributed by atoms with van der Waals surface area (Å²) < 4.78 is 209. The molecule has 0 amide bonds. The van der Waals surface area contributed by atoms with Crippen molar-refractivity contribution >= 4 is 6.04 Å². The van der Waals surface area contributed by atoms with Crippen molar-refractivity contribution in [3.8, 4) is 0 Å². The van der Waals surface area contributed by atoms with E-state index in [0.29, 0.717) is 0 Å². The maximum atomic E-state index is 14.3. The molecule has 4 fully saturated rings. The fourth-order valence-electron chi connectivity index (χ4n) is 4.28. The lowest BCUT2D eigenvalue weighted by Gasteiger charge is -2.72. The highest BCUT2D eigenvalue weighted by molar-refractivity contribution is 5.83. The number of halogens is 15. The van der Waals surface area contributed by atoms with Crippen molar-refractivity contribution in [2.75, 3.05) is 0 Å². The summed E-state index contributed by atoms with van der Waals surface area (Å²) in [6, 6.07) is -4.82. The van der Waals surface area contributed by atoms with Crippen molar-refractivity contribution in [3.63, 3.8) is 0 Å². The Bertz CT molecular complexity index is 711. The fourth-order valence-corrected chi connectivity index (χ4v) is 4.28. The van der Waals surface area contributed by atoms with E-state index in [4.69, 9.17) is 0 Å². The van der Waals surface area contributed by atoms with Gasteiger partial charge in [-0.2, -0.15) is 13.2 Å². The second kappa shape index (κ2) is 4.00. The summed E-state index contributed by atoms with van der Waals surface area (Å²) in [7, 11) is 0. The molecule has 27 heavy (non-hydrogen) atoms. The number of carbonyl (C=O) groups excluding carboxylic acids is 1. The molecule has 2 unspecified atom stereocenters. The van der Waals surface area contributed by atoms with Crippen LogP contribution in [0.5, 0.6) is 0 Å². The highest BCUT2D eigenvalue weighted by atomic mass is 19.3. The number of alkyl halides is 14. The standard InChI is InChI=1S/C11HF15O/c12-2(27)3-4(13,14)1-5(15,16)7(19,9(3,21)22)11(25,26)8(20,6(1,17)18)10(3,23)24/h1H. The van der Waals surface area contributed by atoms with Crippen LogP contribution in [0.4, 0.5) is 65.9 Å². The van der Waals surface area contributed by atoms with E-state index in [9.17, 15) is 70.7 Å². The summed E-state index contributed by atoms with van der Waals surface area (Å²) in [5.41, 5.74) is -22.2. The molecule has 0 saturated heterocycles. The van der Waals surface area contributed by atoms with Crippen LogP contribution in [0.2, 0.25) is 0 Å². The Balaban J connectivity index is 2.71. The Morgan fingerprint density at radius 1 is 0.519 bits per heavy atom. The summed E-state index contributed by atoms with van der Waals surface area (Å²) in [6.45, 7) is 0. The van der Waals surface area contributed by atoms with Gasteiger partial charge in [-0.15, -0.1) is 0 Å². The molecule has 4 bridgehead atoms. The molecule has 0 spiro atoms. The minimum atomic E-state index is -7.74. The first kappa shape index (κ1) is 20.4. The molecule has 0 aliphatic heterocycles. The number of hydrogen-bond donors (Lipinski definition) is 0. The average molecular weight is 434 g/mol. The van der Waals surface area contributed by atoms with E-state index in [1.54, 1.807) is 0 Å². The van der Waals surface area contributed by atoms with Gasteiger partial charge in [-0.1, -0.05) is 0 Å². The fraction of sp³-hybridized carbons (Fsp3) is 0.909. The Kier molecular flexibility index (Phi) is 3.01. The van der Waals surface area contributed by atoms with Gasteiger partial charge in [0.1, 0.15) is 0 Å². The smallest absolute Gasteiger partial charge is 0.260 e. The monoisotopic (exact) mass is 434 g/mol. The van der Waals surface area contributed by atoms with E-state index in [2.05, 4.69) is 0 Å². The quantitative estimate of drug-likeness (QED) is 0.443. The minimum Gasteiger partial charge on any atom is -0.260 e. The maximum Gasteiger partial charge on any atom is 0.338 e. The van der Waals surface area contributed by atoms with E-state index in [0.717, 1.165) is 0 Å². The van der Waals surface area contributed by atoms with Crippen molar-refractivity contribution in [2.24, 2.45) is 11.3 Å². The van der Waals surface area contributed by atoms with Gasteiger partial charge in [0, 0.05) is 0 Å². The normalized spacial score (nSPS) is 49.1. The molecule has 4 saturated carbocycles. The second-order valence-corrected chi connectivity index (χ2v) is 6.37. The number of carbonyl (C=O) groups is 1. The zero-order valence-electron chi connectivity index (χ0n) is 11.7. The highest BCUT2D eigenvalue weighted by Crippen LogP contribution is 2.89. The van der Waals surface area contributed by atoms with E-state index < -0.39 is 64.2 Å². The molecule has 0 aromatic heterocycles. The lowest BCUT2D eigenvalue weighted by atomic mass is 9.37. The molecule has 0 N–H and O–H groups in total. The van der Waals surface area contributed by atoms with Crippen molar-refractivity contribution < 1.29 is 70.7 Å². The second-order valence-electron chi connectivity index (χ2n) is 6.37. The zero-order valence-corrected chi connectivity index (χ0v) is 11.7. The third-order valence-corrected chi connectivity index (χ3v) is 5.47. The molecule has 0 radical (unpaired) electrons. The van der Waals surface area contributed by atoms with Crippen LogP contribution in [-0.2, 0) is 4.79 Å². The van der Waals surface area contributed by atoms with E-state index >= 15 is 0 Å². The third-order valence-electron chi connectivity index (χ3n) is 5.47.